The van der Waals surface area contributed by atoms with Gasteiger partial charge in [0, 0.05) is 6.42 Å². The minimum Gasteiger partial charge on any atom is -0.0722 e. The lowest BCUT2D eigenvalue weighted by Crippen LogP contribution is -2.22. The number of allylic oxidation sites excluding steroid dienone is 1. The molecule has 0 bridgehead atoms. The first-order valence-corrected chi connectivity index (χ1v) is 10.9. The van der Waals surface area contributed by atoms with Gasteiger partial charge in [-0.1, -0.05) is 70.7 Å². The lowest BCUT2D eigenvalue weighted by molar-refractivity contribution is 0.830. The first kappa shape index (κ1) is 14.6. The molecule has 0 aliphatic heterocycles. The largest absolute Gasteiger partial charge is 0.0733 e. The minimum atomic E-state index is -1.22. The van der Waals surface area contributed by atoms with Crippen LogP contribution in [0.3, 0.4) is 0 Å². The average Bonchev–Trinajstić information content (AvgIpc) is 2.70. The normalized spacial score (nSPS) is 15.1. The summed E-state index contributed by atoms with van der Waals surface area (Å²) in [6, 6.07) is 4.82. The van der Waals surface area contributed by atoms with E-state index in [2.05, 4.69) is 72.0 Å². The minimum absolute atomic E-state index is 0.595. The van der Waals surface area contributed by atoms with Gasteiger partial charge in [-0.25, -0.2) is 0 Å². The van der Waals surface area contributed by atoms with Gasteiger partial charge in [-0.05, 0) is 34.1 Å². The van der Waals surface area contributed by atoms with Crippen LogP contribution in [0.25, 0.3) is 6.08 Å². The van der Waals surface area contributed by atoms with Gasteiger partial charge < -0.3 is 0 Å². The summed E-state index contributed by atoms with van der Waals surface area (Å²) in [7, 11) is -1.22. The Kier molecular flexibility index (Phi) is 3.79. The molecular weight excluding hydrogens is 244 g/mol. The molecule has 19 heavy (non-hydrogen) atoms. The molecule has 1 aliphatic rings. The molecule has 1 heteroatoms. The zero-order valence-electron chi connectivity index (χ0n) is 13.5. The van der Waals surface area contributed by atoms with Gasteiger partial charge in [0.1, 0.15) is 0 Å². The Balaban J connectivity index is 2.54. The summed E-state index contributed by atoms with van der Waals surface area (Å²) in [5.41, 5.74) is 5.93. The van der Waals surface area contributed by atoms with Crippen molar-refractivity contribution in [3.8, 4) is 0 Å². The van der Waals surface area contributed by atoms with E-state index in [0.29, 0.717) is 11.8 Å². The first-order chi connectivity index (χ1) is 8.70. The molecule has 0 amide bonds. The molecule has 103 valence electrons. The van der Waals surface area contributed by atoms with Crippen molar-refractivity contribution in [3.05, 3.63) is 46.0 Å². The third-order valence-electron chi connectivity index (χ3n) is 4.03. The van der Waals surface area contributed by atoms with Crippen molar-refractivity contribution in [1.29, 1.82) is 0 Å². The molecule has 0 aromatic heterocycles. The van der Waals surface area contributed by atoms with Crippen LogP contribution in [0.4, 0.5) is 0 Å². The second kappa shape index (κ2) is 4.94. The Morgan fingerprint density at radius 3 is 2.00 bits per heavy atom. The molecule has 0 nitrogen and oxygen atoms in total. The van der Waals surface area contributed by atoms with E-state index in [4.69, 9.17) is 0 Å². The van der Waals surface area contributed by atoms with Crippen molar-refractivity contribution < 1.29 is 0 Å². The number of hydrogen-bond donors (Lipinski definition) is 0. The summed E-state index contributed by atoms with van der Waals surface area (Å²) in [5, 5.41) is 1.59. The fourth-order valence-corrected chi connectivity index (χ4v) is 3.78. The molecule has 1 aromatic carbocycles. The SMILES string of the molecule is CC(C)c1cc2c(c(C(C)C)c1)C=C([Si](C)(C)C)[CH]2. The standard InChI is InChI=1S/C18H27Si/c1-12(2)14-8-15-9-16(19(5,6)7)11-18(15)17(10-14)13(3)4/h8-13H,1-7H3. The molecule has 0 spiro atoms. The van der Waals surface area contributed by atoms with Crippen LogP contribution in [-0.2, 0) is 0 Å². The predicted octanol–water partition coefficient (Wildman–Crippen LogP) is 5.76. The van der Waals surface area contributed by atoms with E-state index in [0.717, 1.165) is 0 Å². The number of hydrogen-bond acceptors (Lipinski definition) is 0. The smallest absolute Gasteiger partial charge is 0.0722 e. The molecule has 0 saturated heterocycles. The molecule has 1 radical (unpaired) electrons. The molecule has 0 saturated carbocycles. The summed E-state index contributed by atoms with van der Waals surface area (Å²) in [4.78, 5) is 0. The summed E-state index contributed by atoms with van der Waals surface area (Å²) in [6.07, 6.45) is 4.90. The number of fused-ring (bicyclic) bond motifs is 1. The van der Waals surface area contributed by atoms with Gasteiger partial charge in [0.05, 0.1) is 8.07 Å². The van der Waals surface area contributed by atoms with E-state index in [-0.39, 0.29) is 0 Å². The summed E-state index contributed by atoms with van der Waals surface area (Å²) in [5.74, 6) is 1.20. The summed E-state index contributed by atoms with van der Waals surface area (Å²) in [6.45, 7) is 16.5. The van der Waals surface area contributed by atoms with Gasteiger partial charge in [0.25, 0.3) is 0 Å². The molecule has 1 aromatic rings. The van der Waals surface area contributed by atoms with Gasteiger partial charge in [-0.3, -0.25) is 0 Å². The maximum Gasteiger partial charge on any atom is 0.0733 e. The zero-order chi connectivity index (χ0) is 14.4. The van der Waals surface area contributed by atoms with Crippen LogP contribution in [0.5, 0.6) is 0 Å². The van der Waals surface area contributed by atoms with E-state index in [9.17, 15) is 0 Å². The van der Waals surface area contributed by atoms with Gasteiger partial charge >= 0.3 is 0 Å². The van der Waals surface area contributed by atoms with Crippen LogP contribution in [0.1, 0.15) is 61.8 Å². The van der Waals surface area contributed by atoms with Crippen LogP contribution in [0.2, 0.25) is 19.6 Å². The monoisotopic (exact) mass is 271 g/mol. The highest BCUT2D eigenvalue weighted by Crippen LogP contribution is 2.38. The molecule has 0 fully saturated rings. The molecule has 0 N–H and O–H groups in total. The Morgan fingerprint density at radius 1 is 0.895 bits per heavy atom. The van der Waals surface area contributed by atoms with E-state index in [1.165, 1.54) is 22.3 Å². The van der Waals surface area contributed by atoms with E-state index in [1.54, 1.807) is 5.20 Å². The second-order valence-corrected chi connectivity index (χ2v) is 12.5. The fourth-order valence-electron chi connectivity index (χ4n) is 2.62. The van der Waals surface area contributed by atoms with Gasteiger partial charge in [0.15, 0.2) is 0 Å². The van der Waals surface area contributed by atoms with Gasteiger partial charge in [-0.2, -0.15) is 0 Å². The fraction of sp³-hybridized carbons (Fsp3) is 0.500. The van der Waals surface area contributed by atoms with Crippen molar-refractivity contribution in [2.75, 3.05) is 0 Å². The average molecular weight is 271 g/mol. The van der Waals surface area contributed by atoms with Gasteiger partial charge in [-0.15, -0.1) is 0 Å². The first-order valence-electron chi connectivity index (χ1n) is 7.45. The van der Waals surface area contributed by atoms with Crippen LogP contribution in [0.15, 0.2) is 17.3 Å². The lowest BCUT2D eigenvalue weighted by Gasteiger charge is -2.17. The highest BCUT2D eigenvalue weighted by Gasteiger charge is 2.27. The van der Waals surface area contributed by atoms with Crippen LogP contribution < -0.4 is 0 Å². The zero-order valence-corrected chi connectivity index (χ0v) is 14.5. The molecule has 0 heterocycles. The van der Waals surface area contributed by atoms with Crippen molar-refractivity contribution in [2.45, 2.75) is 59.2 Å². The van der Waals surface area contributed by atoms with Crippen LogP contribution in [0, 0.1) is 6.42 Å². The Morgan fingerprint density at radius 2 is 1.53 bits per heavy atom. The van der Waals surface area contributed by atoms with Crippen molar-refractivity contribution in [1.82, 2.24) is 0 Å². The molecule has 0 unspecified atom stereocenters. The van der Waals surface area contributed by atoms with E-state index in [1.807, 2.05) is 0 Å². The highest BCUT2D eigenvalue weighted by atomic mass is 28.3. The maximum absolute atomic E-state index is 2.46. The number of benzene rings is 1. The van der Waals surface area contributed by atoms with Crippen molar-refractivity contribution in [2.24, 2.45) is 0 Å². The molecular formula is C18H27Si. The molecule has 0 atom stereocenters. The van der Waals surface area contributed by atoms with Gasteiger partial charge in [0.2, 0.25) is 0 Å². The second-order valence-electron chi connectivity index (χ2n) is 7.42. The van der Waals surface area contributed by atoms with Crippen molar-refractivity contribution in [3.63, 3.8) is 0 Å². The van der Waals surface area contributed by atoms with E-state index < -0.39 is 8.07 Å². The van der Waals surface area contributed by atoms with E-state index >= 15 is 0 Å². The Bertz CT molecular complexity index is 513. The van der Waals surface area contributed by atoms with Crippen LogP contribution in [-0.4, -0.2) is 8.07 Å². The quantitative estimate of drug-likeness (QED) is 0.613. The maximum atomic E-state index is 2.46. The predicted molar refractivity (Wildman–Crippen MR) is 89.3 cm³/mol. The highest BCUT2D eigenvalue weighted by molar-refractivity contribution is 6.84. The third-order valence-corrected chi connectivity index (χ3v) is 6.05. The Hall–Kier alpha value is -0.823. The topological polar surface area (TPSA) is 0 Å². The lowest BCUT2D eigenvalue weighted by atomic mass is 9.89. The van der Waals surface area contributed by atoms with Crippen molar-refractivity contribution >= 4 is 14.1 Å². The molecule has 2 rings (SSSR count). The summed E-state index contributed by atoms with van der Waals surface area (Å²) >= 11 is 0. The summed E-state index contributed by atoms with van der Waals surface area (Å²) < 4.78 is 0. The van der Waals surface area contributed by atoms with Crippen LogP contribution >= 0.6 is 0 Å². The molecule has 1 aliphatic carbocycles. The Labute approximate surface area is 119 Å². The third kappa shape index (κ3) is 2.86. The number of rotatable bonds is 3.